The molecule has 2 heteroatoms. The van der Waals surface area contributed by atoms with Crippen LogP contribution in [0.5, 0.6) is 0 Å². The minimum absolute atomic E-state index is 0.746. The van der Waals surface area contributed by atoms with E-state index in [1.165, 1.54) is 144 Å². The van der Waals surface area contributed by atoms with E-state index < -0.39 is 0 Å². The average Bonchev–Trinajstić information content (AvgIpc) is 1.70. The van der Waals surface area contributed by atoms with E-state index in [0.29, 0.717) is 0 Å². The van der Waals surface area contributed by atoms with Crippen LogP contribution in [0, 0.1) is 13.8 Å². The minimum atomic E-state index is 0.746. The molecule has 0 bridgehead atoms. The molecule has 16 aromatic rings. The number of H-pyrrole nitrogens is 1. The van der Waals surface area contributed by atoms with Crippen LogP contribution in [-0.4, -0.2) is 4.98 Å². The molecule has 3 aliphatic rings. The number of aryl methyl sites for hydroxylation is 1. The van der Waals surface area contributed by atoms with Crippen molar-refractivity contribution in [1.29, 1.82) is 0 Å². The van der Waals surface area contributed by atoms with Gasteiger partial charge in [0.25, 0.3) is 0 Å². The Morgan fingerprint density at radius 3 is 1.29 bits per heavy atom. The maximum Gasteiger partial charge on any atom is 0.0588 e. The molecule has 0 saturated carbocycles. The summed E-state index contributed by atoms with van der Waals surface area (Å²) in [4.78, 5) is 6.95. The second kappa shape index (κ2) is 22.8. The largest absolute Gasteiger partial charge is 0.354 e. The van der Waals surface area contributed by atoms with E-state index in [2.05, 4.69) is 345 Å². The molecule has 2 nitrogen and oxygen atoms in total. The van der Waals surface area contributed by atoms with Gasteiger partial charge in [0, 0.05) is 50.5 Å². The number of para-hydroxylation sites is 3. The maximum absolute atomic E-state index is 4.19. The Hall–Kier alpha value is -12.1. The van der Waals surface area contributed by atoms with Gasteiger partial charge in [-0.2, -0.15) is 0 Å². The van der Waals surface area contributed by atoms with Crippen LogP contribution < -0.4 is 4.90 Å². The number of hydrogen-bond acceptors (Lipinski definition) is 1. The highest BCUT2D eigenvalue weighted by Gasteiger charge is 2.38. The number of nitrogens with one attached hydrogen (secondary N) is 1. The maximum atomic E-state index is 4.19. The highest BCUT2D eigenvalue weighted by atomic mass is 15.2. The molecular formula is C95H66N2. The van der Waals surface area contributed by atoms with Gasteiger partial charge in [0.2, 0.25) is 0 Å². The van der Waals surface area contributed by atoms with Crippen molar-refractivity contribution in [1.82, 2.24) is 4.98 Å². The standard InChI is InChI=1S/C95H66N2/c1-59-53-79-69-42-21-18-39-66(69)54-82(79)88(60(59)2)75-51-52-87(97(86-50-27-25-45-72(86)61-29-8-3-9-30-61)95-84-56-68-41-20-23-44-71(68)81(84)58-78(63-33-12-5-13-34-63)90(95)65-37-16-7-17-38-65)91(76-48-28-47-74-73-46-24-26-49-85(73)96-94(74)76)92(75)93-83-55-67-40-19-22-43-70(67)80(83)57-77(62-31-10-4-11-32-62)89(93)64-35-14-6-15-36-64/h3-53,57-58,96H,54-56H2,1-2H3. The molecule has 1 aromatic heterocycles. The second-order valence-electron chi connectivity index (χ2n) is 26.6. The van der Waals surface area contributed by atoms with Gasteiger partial charge >= 0.3 is 0 Å². The molecule has 0 saturated heterocycles. The number of hydrogen-bond donors (Lipinski definition) is 1. The molecule has 1 N–H and O–H groups in total. The van der Waals surface area contributed by atoms with E-state index in [9.17, 15) is 0 Å². The number of fused-ring (bicyclic) bond motifs is 12. The minimum Gasteiger partial charge on any atom is -0.354 e. The molecule has 0 spiro atoms. The summed E-state index contributed by atoms with van der Waals surface area (Å²) in [5.41, 5.74) is 42.8. The number of aromatic nitrogens is 1. The van der Waals surface area contributed by atoms with Crippen LogP contribution in [0.4, 0.5) is 17.1 Å². The van der Waals surface area contributed by atoms with Crippen molar-refractivity contribution in [3.63, 3.8) is 0 Å². The predicted molar refractivity (Wildman–Crippen MR) is 408 cm³/mol. The van der Waals surface area contributed by atoms with E-state index in [1.807, 2.05) is 0 Å². The Balaban J connectivity index is 1.09. The van der Waals surface area contributed by atoms with Crippen LogP contribution in [0.2, 0.25) is 0 Å². The van der Waals surface area contributed by atoms with Gasteiger partial charge in [-0.15, -0.1) is 0 Å². The number of rotatable bonds is 11. The van der Waals surface area contributed by atoms with Crippen LogP contribution in [-0.2, 0) is 19.3 Å². The van der Waals surface area contributed by atoms with Gasteiger partial charge in [-0.05, 0) is 196 Å². The summed E-state index contributed by atoms with van der Waals surface area (Å²) in [7, 11) is 0. The van der Waals surface area contributed by atoms with Gasteiger partial charge in [0.05, 0.1) is 22.6 Å². The van der Waals surface area contributed by atoms with Crippen molar-refractivity contribution in [2.45, 2.75) is 33.1 Å². The van der Waals surface area contributed by atoms with Gasteiger partial charge in [-0.3, -0.25) is 0 Å². The van der Waals surface area contributed by atoms with Crippen molar-refractivity contribution in [2.75, 3.05) is 4.90 Å². The van der Waals surface area contributed by atoms with Crippen LogP contribution in [0.25, 0.3) is 144 Å². The van der Waals surface area contributed by atoms with Crippen molar-refractivity contribution in [2.24, 2.45) is 0 Å². The first-order valence-electron chi connectivity index (χ1n) is 34.1. The van der Waals surface area contributed by atoms with Crippen LogP contribution in [0.3, 0.4) is 0 Å². The SMILES string of the molecule is Cc1cc2c(c(-c3ccc(N(c4ccccc4-c4ccccc4)c4c5c(cc(-c6ccccc6)c4-c4ccccc4)-c4ccccc4C5)c(-c4cccc5c4[nH]c4ccccc45)c3-c3c4c(cc(-c5ccccc5)c3-c3ccccc3)-c3ccccc3C4)c1C)Cc1ccccc1-2. The van der Waals surface area contributed by atoms with Gasteiger partial charge in [0.1, 0.15) is 0 Å². The summed E-state index contributed by atoms with van der Waals surface area (Å²) < 4.78 is 0. The fourth-order valence-electron chi connectivity index (χ4n) is 16.9. The fraction of sp³-hybridized carbons (Fsp3) is 0.0526. The van der Waals surface area contributed by atoms with Crippen LogP contribution >= 0.6 is 0 Å². The molecule has 97 heavy (non-hydrogen) atoms. The molecule has 3 aliphatic carbocycles. The first-order valence-corrected chi connectivity index (χ1v) is 34.1. The normalized spacial score (nSPS) is 12.3. The zero-order chi connectivity index (χ0) is 64.2. The molecule has 0 atom stereocenters. The molecule has 0 amide bonds. The van der Waals surface area contributed by atoms with E-state index >= 15 is 0 Å². The Bertz CT molecular complexity index is 5840. The first kappa shape index (κ1) is 56.4. The lowest BCUT2D eigenvalue weighted by molar-refractivity contribution is 1.20. The summed E-state index contributed by atoms with van der Waals surface area (Å²) in [5.74, 6) is 0. The molecule has 15 aromatic carbocycles. The second-order valence-corrected chi connectivity index (χ2v) is 26.6. The van der Waals surface area contributed by atoms with E-state index in [4.69, 9.17) is 0 Å². The number of nitrogens with zero attached hydrogens (tertiary/aromatic N) is 1. The number of aromatic amines is 1. The summed E-state index contributed by atoms with van der Waals surface area (Å²) >= 11 is 0. The van der Waals surface area contributed by atoms with Gasteiger partial charge in [-0.25, -0.2) is 0 Å². The smallest absolute Gasteiger partial charge is 0.0588 e. The number of benzene rings is 15. The van der Waals surface area contributed by atoms with Crippen molar-refractivity contribution < 1.29 is 0 Å². The third kappa shape index (κ3) is 9.01. The zero-order valence-electron chi connectivity index (χ0n) is 54.2. The van der Waals surface area contributed by atoms with Crippen molar-refractivity contribution in [3.05, 3.63) is 366 Å². The molecular weight excluding hydrogens is 1170 g/mol. The fourth-order valence-corrected chi connectivity index (χ4v) is 16.9. The topological polar surface area (TPSA) is 19.0 Å². The molecule has 0 fully saturated rings. The lowest BCUT2D eigenvalue weighted by Gasteiger charge is -2.36. The molecule has 0 aliphatic heterocycles. The molecule has 19 rings (SSSR count). The Morgan fingerprint density at radius 1 is 0.258 bits per heavy atom. The molecule has 0 radical (unpaired) electrons. The van der Waals surface area contributed by atoms with E-state index in [-0.39, 0.29) is 0 Å². The van der Waals surface area contributed by atoms with Crippen LogP contribution in [0.1, 0.15) is 44.5 Å². The third-order valence-electron chi connectivity index (χ3n) is 21.3. The average molecular weight is 1240 g/mol. The summed E-state index contributed by atoms with van der Waals surface area (Å²) in [5, 5.41) is 2.38. The highest BCUT2D eigenvalue weighted by Crippen LogP contribution is 2.62. The lowest BCUT2D eigenvalue weighted by atomic mass is 9.75. The third-order valence-corrected chi connectivity index (χ3v) is 21.3. The van der Waals surface area contributed by atoms with Gasteiger partial charge in [-0.1, -0.05) is 291 Å². The Kier molecular flexibility index (Phi) is 13.3. The predicted octanol–water partition coefficient (Wildman–Crippen LogP) is 25.5. The van der Waals surface area contributed by atoms with E-state index in [0.717, 1.165) is 80.7 Å². The van der Waals surface area contributed by atoms with Gasteiger partial charge < -0.3 is 9.88 Å². The molecule has 456 valence electrons. The highest BCUT2D eigenvalue weighted by molar-refractivity contribution is 6.19. The van der Waals surface area contributed by atoms with Crippen molar-refractivity contribution >= 4 is 38.9 Å². The van der Waals surface area contributed by atoms with Crippen molar-refractivity contribution in [3.8, 4) is 122 Å². The summed E-state index contributed by atoms with van der Waals surface area (Å²) in [6, 6.07) is 121. The molecule has 1 heterocycles. The Morgan fingerprint density at radius 2 is 0.691 bits per heavy atom. The Labute approximate surface area is 566 Å². The molecule has 0 unspecified atom stereocenters. The van der Waals surface area contributed by atoms with Crippen LogP contribution in [0.15, 0.2) is 322 Å². The monoisotopic (exact) mass is 1230 g/mol. The van der Waals surface area contributed by atoms with E-state index in [1.54, 1.807) is 0 Å². The first-order chi connectivity index (χ1) is 48.0. The summed E-state index contributed by atoms with van der Waals surface area (Å²) in [6.07, 6.45) is 2.33. The number of anilines is 3. The van der Waals surface area contributed by atoms with Gasteiger partial charge in [0.15, 0.2) is 0 Å². The zero-order valence-corrected chi connectivity index (χ0v) is 54.2. The quantitative estimate of drug-likeness (QED) is 0.137. The lowest BCUT2D eigenvalue weighted by Crippen LogP contribution is -2.17. The summed E-state index contributed by atoms with van der Waals surface area (Å²) in [6.45, 7) is 4.73.